The zero-order valence-electron chi connectivity index (χ0n) is 11.5. The summed E-state index contributed by atoms with van der Waals surface area (Å²) in [4.78, 5) is 10.2. The number of rotatable bonds is 6. The number of anilines is 1. The molecule has 0 bridgehead atoms. The zero-order chi connectivity index (χ0) is 14.4. The first-order valence-corrected chi connectivity index (χ1v) is 6.75. The van der Waals surface area contributed by atoms with Gasteiger partial charge in [0.1, 0.15) is 0 Å². The molecule has 0 aliphatic heterocycles. The summed E-state index contributed by atoms with van der Waals surface area (Å²) >= 11 is 0. The van der Waals surface area contributed by atoms with Crippen molar-refractivity contribution < 1.29 is 4.92 Å². The topological polar surface area (TPSA) is 55.2 Å². The molecule has 0 atom stereocenters. The maximum Gasteiger partial charge on any atom is 0.269 e. The van der Waals surface area contributed by atoms with Crippen LogP contribution in [-0.4, -0.2) is 11.5 Å². The Morgan fingerprint density at radius 1 is 1.10 bits per heavy atom. The summed E-state index contributed by atoms with van der Waals surface area (Å²) in [5.74, 6) is 0. The second-order valence-electron chi connectivity index (χ2n) is 4.65. The zero-order valence-corrected chi connectivity index (χ0v) is 11.5. The van der Waals surface area contributed by atoms with Crippen LogP contribution in [0.1, 0.15) is 18.1 Å². The van der Waals surface area contributed by atoms with Crippen LogP contribution in [0, 0.1) is 10.1 Å². The van der Waals surface area contributed by atoms with Crippen LogP contribution in [0.15, 0.2) is 48.5 Å². The minimum Gasteiger partial charge on any atom is -0.385 e. The van der Waals surface area contributed by atoms with Crippen LogP contribution in [0.25, 0.3) is 0 Å². The quantitative estimate of drug-likeness (QED) is 0.641. The van der Waals surface area contributed by atoms with E-state index < -0.39 is 0 Å². The fraction of sp³-hybridized carbons (Fsp3) is 0.250. The SMILES string of the molecule is CCc1cccc(NCCc2ccc([N+](=O)[O-])cc2)c1. The molecule has 1 N–H and O–H groups in total. The first-order valence-electron chi connectivity index (χ1n) is 6.75. The fourth-order valence-corrected chi connectivity index (χ4v) is 2.04. The first kappa shape index (κ1) is 14.1. The largest absolute Gasteiger partial charge is 0.385 e. The van der Waals surface area contributed by atoms with Crippen LogP contribution >= 0.6 is 0 Å². The van der Waals surface area contributed by atoms with E-state index in [2.05, 4.69) is 30.4 Å². The Morgan fingerprint density at radius 2 is 1.85 bits per heavy atom. The number of nitrogens with one attached hydrogen (secondary N) is 1. The molecule has 0 heterocycles. The highest BCUT2D eigenvalue weighted by atomic mass is 16.6. The lowest BCUT2D eigenvalue weighted by atomic mass is 10.1. The highest BCUT2D eigenvalue weighted by Crippen LogP contribution is 2.14. The Hall–Kier alpha value is -2.36. The monoisotopic (exact) mass is 270 g/mol. The van der Waals surface area contributed by atoms with Crippen LogP contribution in [0.5, 0.6) is 0 Å². The van der Waals surface area contributed by atoms with E-state index in [0.717, 1.165) is 30.6 Å². The normalized spacial score (nSPS) is 10.2. The minimum atomic E-state index is -0.377. The maximum atomic E-state index is 10.6. The maximum absolute atomic E-state index is 10.6. The number of nitro benzene ring substituents is 1. The lowest BCUT2D eigenvalue weighted by Gasteiger charge is -2.07. The molecule has 0 saturated heterocycles. The van der Waals surface area contributed by atoms with Crippen molar-refractivity contribution in [2.75, 3.05) is 11.9 Å². The van der Waals surface area contributed by atoms with Crippen molar-refractivity contribution >= 4 is 11.4 Å². The molecule has 0 amide bonds. The van der Waals surface area contributed by atoms with Crippen molar-refractivity contribution in [1.82, 2.24) is 0 Å². The van der Waals surface area contributed by atoms with Crippen molar-refractivity contribution in [2.24, 2.45) is 0 Å². The molecule has 2 aromatic carbocycles. The average Bonchev–Trinajstić information content (AvgIpc) is 2.48. The van der Waals surface area contributed by atoms with Gasteiger partial charge in [0.05, 0.1) is 4.92 Å². The van der Waals surface area contributed by atoms with Gasteiger partial charge in [-0.1, -0.05) is 31.2 Å². The van der Waals surface area contributed by atoms with Gasteiger partial charge in [-0.3, -0.25) is 10.1 Å². The number of nitro groups is 1. The van der Waals surface area contributed by atoms with Gasteiger partial charge in [-0.2, -0.15) is 0 Å². The van der Waals surface area contributed by atoms with E-state index in [1.54, 1.807) is 12.1 Å². The van der Waals surface area contributed by atoms with Gasteiger partial charge in [0.2, 0.25) is 0 Å². The van der Waals surface area contributed by atoms with E-state index in [4.69, 9.17) is 0 Å². The molecule has 0 spiro atoms. The number of aryl methyl sites for hydroxylation is 1. The molecule has 104 valence electrons. The van der Waals surface area contributed by atoms with Crippen molar-refractivity contribution in [3.05, 3.63) is 69.8 Å². The van der Waals surface area contributed by atoms with Gasteiger partial charge in [-0.25, -0.2) is 0 Å². The Bertz CT molecular complexity index is 579. The van der Waals surface area contributed by atoms with Crippen LogP contribution in [0.3, 0.4) is 0 Å². The average molecular weight is 270 g/mol. The van der Waals surface area contributed by atoms with Gasteiger partial charge in [0.25, 0.3) is 5.69 Å². The third-order valence-electron chi connectivity index (χ3n) is 3.23. The molecular formula is C16H18N2O2. The van der Waals surface area contributed by atoms with E-state index in [0.29, 0.717) is 0 Å². The van der Waals surface area contributed by atoms with E-state index in [-0.39, 0.29) is 10.6 Å². The summed E-state index contributed by atoms with van der Waals surface area (Å²) in [6.45, 7) is 2.95. The second kappa shape index (κ2) is 6.70. The van der Waals surface area contributed by atoms with Gasteiger partial charge < -0.3 is 5.32 Å². The van der Waals surface area contributed by atoms with Crippen LogP contribution in [0.2, 0.25) is 0 Å². The minimum absolute atomic E-state index is 0.136. The van der Waals surface area contributed by atoms with Crippen LogP contribution < -0.4 is 5.32 Å². The van der Waals surface area contributed by atoms with Crippen molar-refractivity contribution in [2.45, 2.75) is 19.8 Å². The number of hydrogen-bond donors (Lipinski definition) is 1. The molecule has 4 heteroatoms. The third kappa shape index (κ3) is 3.82. The van der Waals surface area contributed by atoms with Gasteiger partial charge in [-0.05, 0) is 36.1 Å². The number of non-ortho nitro benzene ring substituents is 1. The number of nitrogens with zero attached hydrogens (tertiary/aromatic N) is 1. The Morgan fingerprint density at radius 3 is 2.50 bits per heavy atom. The van der Waals surface area contributed by atoms with E-state index in [1.807, 2.05) is 18.2 Å². The van der Waals surface area contributed by atoms with Crippen molar-refractivity contribution in [1.29, 1.82) is 0 Å². The van der Waals surface area contributed by atoms with Gasteiger partial charge in [-0.15, -0.1) is 0 Å². The van der Waals surface area contributed by atoms with Crippen LogP contribution in [0.4, 0.5) is 11.4 Å². The summed E-state index contributed by atoms with van der Waals surface area (Å²) in [5, 5.41) is 13.9. The molecule has 2 aromatic rings. The van der Waals surface area contributed by atoms with E-state index in [9.17, 15) is 10.1 Å². The molecule has 4 nitrogen and oxygen atoms in total. The lowest BCUT2D eigenvalue weighted by molar-refractivity contribution is -0.384. The lowest BCUT2D eigenvalue weighted by Crippen LogP contribution is -2.05. The number of benzene rings is 2. The Balaban J connectivity index is 1.87. The molecule has 0 saturated carbocycles. The molecule has 0 aliphatic rings. The van der Waals surface area contributed by atoms with Gasteiger partial charge in [0.15, 0.2) is 0 Å². The third-order valence-corrected chi connectivity index (χ3v) is 3.23. The van der Waals surface area contributed by atoms with Crippen molar-refractivity contribution in [3.8, 4) is 0 Å². The summed E-state index contributed by atoms with van der Waals surface area (Å²) in [6.07, 6.45) is 1.87. The molecule has 0 fully saturated rings. The second-order valence-corrected chi connectivity index (χ2v) is 4.65. The molecule has 0 aromatic heterocycles. The standard InChI is InChI=1S/C16H18N2O2/c1-2-13-4-3-5-15(12-13)17-11-10-14-6-8-16(9-7-14)18(19)20/h3-9,12,17H,2,10-11H2,1H3. The molecule has 2 rings (SSSR count). The fourth-order valence-electron chi connectivity index (χ4n) is 2.04. The summed E-state index contributed by atoms with van der Waals surface area (Å²) in [5.41, 5.74) is 3.66. The smallest absolute Gasteiger partial charge is 0.269 e. The molecule has 0 unspecified atom stereocenters. The summed E-state index contributed by atoms with van der Waals surface area (Å²) in [7, 11) is 0. The molecule has 0 aliphatic carbocycles. The number of hydrogen-bond acceptors (Lipinski definition) is 3. The molecule has 20 heavy (non-hydrogen) atoms. The van der Waals surface area contributed by atoms with Crippen LogP contribution in [-0.2, 0) is 12.8 Å². The first-order chi connectivity index (χ1) is 9.69. The summed E-state index contributed by atoms with van der Waals surface area (Å²) < 4.78 is 0. The Kier molecular flexibility index (Phi) is 4.71. The predicted octanol–water partition coefficient (Wildman–Crippen LogP) is 3.81. The molecular weight excluding hydrogens is 252 g/mol. The highest BCUT2D eigenvalue weighted by Gasteiger charge is 2.03. The van der Waals surface area contributed by atoms with Gasteiger partial charge in [0, 0.05) is 24.4 Å². The van der Waals surface area contributed by atoms with Crippen molar-refractivity contribution in [3.63, 3.8) is 0 Å². The summed E-state index contributed by atoms with van der Waals surface area (Å²) in [6, 6.07) is 15.1. The Labute approximate surface area is 118 Å². The molecule has 0 radical (unpaired) electrons. The van der Waals surface area contributed by atoms with Gasteiger partial charge >= 0.3 is 0 Å². The predicted molar refractivity (Wildman–Crippen MR) is 81.1 cm³/mol. The van der Waals surface area contributed by atoms with E-state index >= 15 is 0 Å². The van der Waals surface area contributed by atoms with E-state index in [1.165, 1.54) is 5.56 Å². The highest BCUT2D eigenvalue weighted by molar-refractivity contribution is 5.46.